The van der Waals surface area contributed by atoms with Gasteiger partial charge in [-0.1, -0.05) is 6.08 Å². The quantitative estimate of drug-likeness (QED) is 0.403. The van der Waals surface area contributed by atoms with Crippen molar-refractivity contribution in [3.63, 3.8) is 0 Å². The van der Waals surface area contributed by atoms with Crippen LogP contribution in [-0.4, -0.2) is 26.2 Å². The molecule has 1 heterocycles. The Morgan fingerprint density at radius 1 is 1.62 bits per heavy atom. The summed E-state index contributed by atoms with van der Waals surface area (Å²) >= 11 is 0. The highest BCUT2D eigenvalue weighted by Crippen LogP contribution is 2.11. The number of methoxy groups -OCH3 is 1. The van der Waals surface area contributed by atoms with Crippen molar-refractivity contribution >= 4 is 5.91 Å². The molecule has 0 aromatic rings. The predicted octanol–water partition coefficient (Wildman–Crippen LogP) is 0.410. The molecule has 88 valence electrons. The molecule has 0 spiro atoms. The van der Waals surface area contributed by atoms with E-state index in [4.69, 9.17) is 15.2 Å². The van der Waals surface area contributed by atoms with Gasteiger partial charge in [-0.3, -0.25) is 4.79 Å². The molecule has 0 saturated heterocycles. The third kappa shape index (κ3) is 3.78. The first-order chi connectivity index (χ1) is 7.77. The Kier molecular flexibility index (Phi) is 5.15. The second kappa shape index (κ2) is 6.68. The van der Waals surface area contributed by atoms with Gasteiger partial charge in [-0.2, -0.15) is 0 Å². The molecular formula is C11H16N2O3. The van der Waals surface area contributed by atoms with Crippen molar-refractivity contribution in [2.75, 3.05) is 20.3 Å². The molecule has 16 heavy (non-hydrogen) atoms. The van der Waals surface area contributed by atoms with Crippen molar-refractivity contribution in [3.05, 3.63) is 35.9 Å². The Balaban J connectivity index is 2.57. The monoisotopic (exact) mass is 224 g/mol. The first-order valence-electron chi connectivity index (χ1n) is 4.98. The summed E-state index contributed by atoms with van der Waals surface area (Å²) in [6, 6.07) is 0. The standard InChI is InChI=1S/C11H16N2O3/c1-15-5-6-16-10(8-12)7-9-3-2-4-13-11(9)14/h2,4,7-8H,3,5-6,12H2,1H3,(H,13,14)/b9-7+,10-8+. The van der Waals surface area contributed by atoms with Gasteiger partial charge in [-0.15, -0.1) is 0 Å². The van der Waals surface area contributed by atoms with Crippen LogP contribution in [0.25, 0.3) is 0 Å². The van der Waals surface area contributed by atoms with E-state index in [-0.39, 0.29) is 5.91 Å². The molecule has 1 amide bonds. The highest BCUT2D eigenvalue weighted by molar-refractivity contribution is 5.95. The minimum Gasteiger partial charge on any atom is -0.490 e. The lowest BCUT2D eigenvalue weighted by molar-refractivity contribution is -0.116. The number of rotatable bonds is 5. The van der Waals surface area contributed by atoms with Gasteiger partial charge < -0.3 is 20.5 Å². The van der Waals surface area contributed by atoms with E-state index in [9.17, 15) is 4.79 Å². The molecular weight excluding hydrogens is 208 g/mol. The topological polar surface area (TPSA) is 73.6 Å². The Hall–Kier alpha value is -1.75. The lowest BCUT2D eigenvalue weighted by atomic mass is 10.1. The molecule has 1 aliphatic rings. The molecule has 0 aromatic carbocycles. The number of hydrogen-bond donors (Lipinski definition) is 2. The van der Waals surface area contributed by atoms with E-state index >= 15 is 0 Å². The number of ether oxygens (including phenoxy) is 2. The van der Waals surface area contributed by atoms with Crippen LogP contribution in [-0.2, 0) is 14.3 Å². The molecule has 5 heteroatoms. The molecule has 0 fully saturated rings. The molecule has 5 nitrogen and oxygen atoms in total. The third-order valence-corrected chi connectivity index (χ3v) is 2.00. The molecule has 1 rings (SSSR count). The van der Waals surface area contributed by atoms with Gasteiger partial charge in [0.15, 0.2) is 0 Å². The van der Waals surface area contributed by atoms with Gasteiger partial charge in [0.1, 0.15) is 12.4 Å². The van der Waals surface area contributed by atoms with Crippen LogP contribution < -0.4 is 11.1 Å². The average Bonchev–Trinajstić information content (AvgIpc) is 2.30. The highest BCUT2D eigenvalue weighted by atomic mass is 16.5. The van der Waals surface area contributed by atoms with E-state index < -0.39 is 0 Å². The Morgan fingerprint density at radius 3 is 3.06 bits per heavy atom. The molecule has 0 saturated carbocycles. The van der Waals surface area contributed by atoms with Crippen LogP contribution in [0.1, 0.15) is 6.42 Å². The van der Waals surface area contributed by atoms with Gasteiger partial charge in [0, 0.05) is 25.1 Å². The zero-order valence-electron chi connectivity index (χ0n) is 9.23. The normalized spacial score (nSPS) is 18.7. The summed E-state index contributed by atoms with van der Waals surface area (Å²) in [7, 11) is 1.59. The summed E-state index contributed by atoms with van der Waals surface area (Å²) in [5, 5.41) is 2.59. The molecule has 0 atom stereocenters. The fraction of sp³-hybridized carbons (Fsp3) is 0.364. The van der Waals surface area contributed by atoms with Gasteiger partial charge in [0.25, 0.3) is 5.91 Å². The largest absolute Gasteiger partial charge is 0.490 e. The fourth-order valence-electron chi connectivity index (χ4n) is 1.18. The summed E-state index contributed by atoms with van der Waals surface area (Å²) < 4.78 is 10.2. The lowest BCUT2D eigenvalue weighted by Gasteiger charge is -2.11. The van der Waals surface area contributed by atoms with Crippen molar-refractivity contribution in [1.29, 1.82) is 0 Å². The minimum absolute atomic E-state index is 0.128. The molecule has 1 aliphatic heterocycles. The minimum atomic E-state index is -0.128. The van der Waals surface area contributed by atoms with E-state index in [0.717, 1.165) is 0 Å². The van der Waals surface area contributed by atoms with Crippen molar-refractivity contribution in [1.82, 2.24) is 5.32 Å². The van der Waals surface area contributed by atoms with Crippen molar-refractivity contribution in [2.45, 2.75) is 6.42 Å². The van der Waals surface area contributed by atoms with Crippen LogP contribution >= 0.6 is 0 Å². The maximum atomic E-state index is 11.4. The van der Waals surface area contributed by atoms with Gasteiger partial charge in [-0.25, -0.2) is 0 Å². The van der Waals surface area contributed by atoms with E-state index in [0.29, 0.717) is 31.0 Å². The number of allylic oxidation sites excluding steroid dienone is 2. The smallest absolute Gasteiger partial charge is 0.251 e. The SMILES string of the molecule is COCCOC(=C/N)/C=C1\CC=CNC1=O. The average molecular weight is 224 g/mol. The summed E-state index contributed by atoms with van der Waals surface area (Å²) in [5.41, 5.74) is 6.02. The summed E-state index contributed by atoms with van der Waals surface area (Å²) in [4.78, 5) is 11.4. The number of nitrogens with two attached hydrogens (primary N) is 1. The van der Waals surface area contributed by atoms with Gasteiger partial charge in [-0.05, 0) is 12.5 Å². The second-order valence-corrected chi connectivity index (χ2v) is 3.16. The first kappa shape index (κ1) is 12.3. The molecule has 0 bridgehead atoms. The van der Waals surface area contributed by atoms with Crippen LogP contribution in [0.2, 0.25) is 0 Å². The summed E-state index contributed by atoms with van der Waals surface area (Å²) in [5.74, 6) is 0.342. The van der Waals surface area contributed by atoms with Crippen LogP contribution in [0, 0.1) is 0 Å². The molecule has 0 radical (unpaired) electrons. The van der Waals surface area contributed by atoms with Crippen molar-refractivity contribution in [3.8, 4) is 0 Å². The third-order valence-electron chi connectivity index (χ3n) is 2.00. The van der Waals surface area contributed by atoms with Crippen molar-refractivity contribution in [2.24, 2.45) is 5.73 Å². The van der Waals surface area contributed by atoms with Gasteiger partial charge in [0.2, 0.25) is 0 Å². The summed E-state index contributed by atoms with van der Waals surface area (Å²) in [6.45, 7) is 0.882. The zero-order chi connectivity index (χ0) is 11.8. The fourth-order valence-corrected chi connectivity index (χ4v) is 1.18. The van der Waals surface area contributed by atoms with Gasteiger partial charge >= 0.3 is 0 Å². The number of nitrogens with one attached hydrogen (secondary N) is 1. The van der Waals surface area contributed by atoms with E-state index in [1.54, 1.807) is 19.4 Å². The van der Waals surface area contributed by atoms with E-state index in [1.807, 2.05) is 6.08 Å². The van der Waals surface area contributed by atoms with Crippen LogP contribution in [0.15, 0.2) is 35.9 Å². The predicted molar refractivity (Wildman–Crippen MR) is 60.1 cm³/mol. The summed E-state index contributed by atoms with van der Waals surface area (Å²) in [6.07, 6.45) is 7.02. The van der Waals surface area contributed by atoms with Crippen molar-refractivity contribution < 1.29 is 14.3 Å². The lowest BCUT2D eigenvalue weighted by Crippen LogP contribution is -2.22. The maximum absolute atomic E-state index is 11.4. The maximum Gasteiger partial charge on any atom is 0.251 e. The number of carbonyl (C=O) groups is 1. The van der Waals surface area contributed by atoms with E-state index in [2.05, 4.69) is 5.32 Å². The number of hydrogen-bond acceptors (Lipinski definition) is 4. The Morgan fingerprint density at radius 2 is 2.44 bits per heavy atom. The molecule has 0 aliphatic carbocycles. The first-order valence-corrected chi connectivity index (χ1v) is 4.98. The number of amides is 1. The Bertz CT molecular complexity index is 332. The molecule has 3 N–H and O–H groups in total. The highest BCUT2D eigenvalue weighted by Gasteiger charge is 2.10. The Labute approximate surface area is 94.6 Å². The van der Waals surface area contributed by atoms with Gasteiger partial charge in [0.05, 0.1) is 6.61 Å². The number of carbonyl (C=O) groups excluding carboxylic acids is 1. The van der Waals surface area contributed by atoms with Crippen LogP contribution in [0.5, 0.6) is 0 Å². The van der Waals surface area contributed by atoms with Crippen LogP contribution in [0.3, 0.4) is 0 Å². The molecule has 0 aromatic heterocycles. The molecule has 0 unspecified atom stereocenters. The zero-order valence-corrected chi connectivity index (χ0v) is 9.23. The second-order valence-electron chi connectivity index (χ2n) is 3.16. The van der Waals surface area contributed by atoms with Crippen LogP contribution in [0.4, 0.5) is 0 Å². The van der Waals surface area contributed by atoms with E-state index in [1.165, 1.54) is 6.20 Å².